The van der Waals surface area contributed by atoms with Crippen molar-refractivity contribution in [3.05, 3.63) is 29.8 Å². The number of hydrogen-bond donors (Lipinski definition) is 2. The Balaban J connectivity index is 2.71. The van der Waals surface area contributed by atoms with Crippen LogP contribution in [0.5, 0.6) is 0 Å². The molecular formula is C10H10N2O3. The number of para-hydroxylation sites is 1. The highest BCUT2D eigenvalue weighted by Crippen LogP contribution is 2.38. The number of anilines is 1. The predicted octanol–water partition coefficient (Wildman–Crippen LogP) is -0.664. The monoisotopic (exact) mass is 206 g/mol. The normalized spacial score (nSPS) is 24.1. The number of hydrogen-bond acceptors (Lipinski definition) is 3. The summed E-state index contributed by atoms with van der Waals surface area (Å²) in [6.07, 6.45) is 0. The van der Waals surface area contributed by atoms with Crippen molar-refractivity contribution in [2.75, 3.05) is 11.9 Å². The van der Waals surface area contributed by atoms with Gasteiger partial charge in [0.1, 0.15) is 0 Å². The van der Waals surface area contributed by atoms with Crippen LogP contribution in [0.2, 0.25) is 0 Å². The van der Waals surface area contributed by atoms with E-state index >= 15 is 0 Å². The van der Waals surface area contributed by atoms with Crippen molar-refractivity contribution in [3.63, 3.8) is 0 Å². The quantitative estimate of drug-likeness (QED) is 0.598. The molecule has 0 aliphatic carbocycles. The molecule has 5 nitrogen and oxygen atoms in total. The van der Waals surface area contributed by atoms with Crippen LogP contribution in [0.3, 0.4) is 0 Å². The molecule has 1 aromatic carbocycles. The first kappa shape index (κ1) is 9.67. The largest absolute Gasteiger partial charge is 0.368 e. The maximum atomic E-state index is 11.7. The molecule has 1 aliphatic heterocycles. The number of nitrogens with two attached hydrogens (primary N) is 1. The summed E-state index contributed by atoms with van der Waals surface area (Å²) in [5.74, 6) is -1.76. The molecule has 1 aromatic rings. The smallest absolute Gasteiger partial charge is 0.273 e. The minimum Gasteiger partial charge on any atom is -0.368 e. The second kappa shape index (κ2) is 2.80. The van der Waals surface area contributed by atoms with Gasteiger partial charge in [0.15, 0.2) is 0 Å². The molecule has 3 N–H and O–H groups in total. The van der Waals surface area contributed by atoms with E-state index < -0.39 is 17.4 Å². The number of amides is 2. The average molecular weight is 206 g/mol. The highest BCUT2D eigenvalue weighted by molar-refractivity contribution is 6.19. The highest BCUT2D eigenvalue weighted by Gasteiger charge is 2.53. The van der Waals surface area contributed by atoms with Gasteiger partial charge in [-0.05, 0) is 6.07 Å². The fourth-order valence-corrected chi connectivity index (χ4v) is 1.78. The summed E-state index contributed by atoms with van der Waals surface area (Å²) in [7, 11) is 1.49. The molecule has 0 radical (unpaired) electrons. The van der Waals surface area contributed by atoms with Gasteiger partial charge < -0.3 is 15.7 Å². The molecule has 0 bridgehead atoms. The number of benzene rings is 1. The Morgan fingerprint density at radius 2 is 2.07 bits per heavy atom. The summed E-state index contributed by atoms with van der Waals surface area (Å²) in [6.45, 7) is 0. The van der Waals surface area contributed by atoms with E-state index in [1.54, 1.807) is 18.2 Å². The van der Waals surface area contributed by atoms with Crippen molar-refractivity contribution in [2.24, 2.45) is 5.73 Å². The van der Waals surface area contributed by atoms with Crippen molar-refractivity contribution >= 4 is 17.5 Å². The molecule has 0 aromatic heterocycles. The fourth-order valence-electron chi connectivity index (χ4n) is 1.78. The van der Waals surface area contributed by atoms with E-state index in [0.717, 1.165) is 0 Å². The van der Waals surface area contributed by atoms with Crippen molar-refractivity contribution in [2.45, 2.75) is 5.60 Å². The van der Waals surface area contributed by atoms with Crippen LogP contribution in [0.4, 0.5) is 5.69 Å². The Labute approximate surface area is 86.1 Å². The lowest BCUT2D eigenvalue weighted by molar-refractivity contribution is -0.149. The summed E-state index contributed by atoms with van der Waals surface area (Å²) >= 11 is 0. The van der Waals surface area contributed by atoms with Gasteiger partial charge in [-0.15, -0.1) is 0 Å². The van der Waals surface area contributed by atoms with E-state index in [-0.39, 0.29) is 5.56 Å². The van der Waals surface area contributed by atoms with Crippen LogP contribution in [0.1, 0.15) is 5.56 Å². The molecule has 0 spiro atoms. The third-order valence-electron chi connectivity index (χ3n) is 2.63. The first-order valence-electron chi connectivity index (χ1n) is 4.39. The van der Waals surface area contributed by atoms with E-state index in [1.165, 1.54) is 18.0 Å². The Bertz CT molecular complexity index is 458. The Morgan fingerprint density at radius 3 is 2.67 bits per heavy atom. The van der Waals surface area contributed by atoms with Crippen LogP contribution in [0, 0.1) is 0 Å². The van der Waals surface area contributed by atoms with Gasteiger partial charge in [0.25, 0.3) is 11.8 Å². The lowest BCUT2D eigenvalue weighted by Crippen LogP contribution is -2.48. The number of nitrogens with zero attached hydrogens (tertiary/aromatic N) is 1. The van der Waals surface area contributed by atoms with E-state index in [1.807, 2.05) is 0 Å². The van der Waals surface area contributed by atoms with Crippen LogP contribution in [0.25, 0.3) is 0 Å². The van der Waals surface area contributed by atoms with Gasteiger partial charge in [0.2, 0.25) is 5.60 Å². The summed E-state index contributed by atoms with van der Waals surface area (Å²) in [5.41, 5.74) is 3.59. The van der Waals surface area contributed by atoms with Crippen LogP contribution < -0.4 is 10.6 Å². The molecule has 0 saturated heterocycles. The Kier molecular flexibility index (Phi) is 1.81. The second-order valence-electron chi connectivity index (χ2n) is 3.46. The number of likely N-dealkylation sites (N-methyl/N-ethyl adjacent to an activating group) is 1. The molecule has 1 heterocycles. The van der Waals surface area contributed by atoms with Crippen LogP contribution in [-0.2, 0) is 15.2 Å². The number of carbonyl (C=O) groups excluding carboxylic acids is 2. The second-order valence-corrected chi connectivity index (χ2v) is 3.46. The molecule has 0 fully saturated rings. The molecule has 2 rings (SSSR count). The lowest BCUT2D eigenvalue weighted by Gasteiger charge is -2.17. The molecule has 78 valence electrons. The molecular weight excluding hydrogens is 196 g/mol. The highest BCUT2D eigenvalue weighted by atomic mass is 16.3. The third-order valence-corrected chi connectivity index (χ3v) is 2.63. The van der Waals surface area contributed by atoms with E-state index in [0.29, 0.717) is 5.69 Å². The van der Waals surface area contributed by atoms with E-state index in [2.05, 4.69) is 0 Å². The standard InChI is InChI=1S/C10H10N2O3/c1-12-7-5-3-2-4-6(7)10(15,8(11)13)9(12)14/h2-5,15H,1H3,(H2,11,13). The SMILES string of the molecule is CN1C(=O)C(O)(C(N)=O)c2ccccc21. The number of fused-ring (bicyclic) bond motifs is 1. The number of carbonyl (C=O) groups is 2. The van der Waals surface area contributed by atoms with Gasteiger partial charge in [-0.3, -0.25) is 9.59 Å². The lowest BCUT2D eigenvalue weighted by atomic mass is 9.95. The number of primary amides is 1. The first-order valence-corrected chi connectivity index (χ1v) is 4.39. The Morgan fingerprint density at radius 1 is 1.47 bits per heavy atom. The van der Waals surface area contributed by atoms with Crippen LogP contribution in [-0.4, -0.2) is 24.0 Å². The first-order chi connectivity index (χ1) is 6.99. The molecule has 1 aliphatic rings. The maximum absolute atomic E-state index is 11.7. The van der Waals surface area contributed by atoms with Gasteiger partial charge in [-0.2, -0.15) is 0 Å². The summed E-state index contributed by atoms with van der Waals surface area (Å²) in [6, 6.07) is 6.52. The van der Waals surface area contributed by atoms with Gasteiger partial charge in [-0.1, -0.05) is 18.2 Å². The topological polar surface area (TPSA) is 83.6 Å². The maximum Gasteiger partial charge on any atom is 0.273 e. The Hall–Kier alpha value is -1.88. The van der Waals surface area contributed by atoms with E-state index in [4.69, 9.17) is 5.73 Å². The molecule has 15 heavy (non-hydrogen) atoms. The van der Waals surface area contributed by atoms with Gasteiger partial charge in [-0.25, -0.2) is 0 Å². The minimum absolute atomic E-state index is 0.241. The zero-order valence-electron chi connectivity index (χ0n) is 8.10. The molecule has 1 unspecified atom stereocenters. The van der Waals surface area contributed by atoms with Crippen molar-refractivity contribution in [3.8, 4) is 0 Å². The van der Waals surface area contributed by atoms with Gasteiger partial charge in [0.05, 0.1) is 5.69 Å². The zero-order chi connectivity index (χ0) is 11.2. The zero-order valence-corrected chi connectivity index (χ0v) is 8.10. The predicted molar refractivity (Wildman–Crippen MR) is 52.9 cm³/mol. The third kappa shape index (κ3) is 1.01. The van der Waals surface area contributed by atoms with Crippen molar-refractivity contribution < 1.29 is 14.7 Å². The van der Waals surface area contributed by atoms with Crippen LogP contribution >= 0.6 is 0 Å². The van der Waals surface area contributed by atoms with E-state index in [9.17, 15) is 14.7 Å². The minimum atomic E-state index is -2.22. The summed E-state index contributed by atoms with van der Waals surface area (Å²) in [5, 5.41) is 9.99. The van der Waals surface area contributed by atoms with Gasteiger partial charge in [0, 0.05) is 12.6 Å². The van der Waals surface area contributed by atoms with Crippen LogP contribution in [0.15, 0.2) is 24.3 Å². The molecule has 5 heteroatoms. The molecule has 1 atom stereocenters. The van der Waals surface area contributed by atoms with Crippen molar-refractivity contribution in [1.29, 1.82) is 0 Å². The average Bonchev–Trinajstić information content (AvgIpc) is 2.43. The summed E-state index contributed by atoms with van der Waals surface area (Å²) in [4.78, 5) is 24.1. The van der Waals surface area contributed by atoms with Gasteiger partial charge >= 0.3 is 0 Å². The summed E-state index contributed by atoms with van der Waals surface area (Å²) < 4.78 is 0. The number of aliphatic hydroxyl groups is 1. The molecule has 2 amide bonds. The van der Waals surface area contributed by atoms with Crippen molar-refractivity contribution in [1.82, 2.24) is 0 Å². The fraction of sp³-hybridized carbons (Fsp3) is 0.200. The molecule has 0 saturated carbocycles. The number of rotatable bonds is 1.